The van der Waals surface area contributed by atoms with Crippen LogP contribution in [0, 0.1) is 12.7 Å². The molecule has 2 heterocycles. The number of β-amino-alcohol motifs (C(OH)–C–C–N with tert-alkyl or cyclic N) is 1. The quantitative estimate of drug-likeness (QED) is 0.837. The SMILES string of the molecule is Cc1nc([C@H]2CCCN2C[C@@H](O)COCc2ccccc2F)no1. The Morgan fingerprint density at radius 3 is 3.04 bits per heavy atom. The standard InChI is InChI=1S/C17H22FN3O3/c1-12-19-17(20-24-12)16-7-4-8-21(16)9-14(22)11-23-10-13-5-2-3-6-15(13)18/h2-3,5-6,14,16,22H,4,7-11H2,1H3/t14-,16-/m1/s1. The molecule has 0 unspecified atom stereocenters. The Balaban J connectivity index is 1.47. The smallest absolute Gasteiger partial charge is 0.223 e. The molecule has 1 saturated heterocycles. The molecule has 3 rings (SSSR count). The van der Waals surface area contributed by atoms with Gasteiger partial charge in [0.25, 0.3) is 0 Å². The Labute approximate surface area is 140 Å². The molecule has 2 aromatic rings. The van der Waals surface area contributed by atoms with E-state index in [1.54, 1.807) is 25.1 Å². The Hall–Kier alpha value is -1.83. The van der Waals surface area contributed by atoms with Crippen LogP contribution < -0.4 is 0 Å². The van der Waals surface area contributed by atoms with E-state index >= 15 is 0 Å². The van der Waals surface area contributed by atoms with Crippen molar-refractivity contribution in [2.45, 2.75) is 38.5 Å². The van der Waals surface area contributed by atoms with Gasteiger partial charge in [-0.2, -0.15) is 4.98 Å². The molecule has 7 heteroatoms. The average Bonchev–Trinajstić information content (AvgIpc) is 3.18. The second-order valence-corrected chi connectivity index (χ2v) is 6.08. The minimum Gasteiger partial charge on any atom is -0.389 e. The Morgan fingerprint density at radius 1 is 1.46 bits per heavy atom. The lowest BCUT2D eigenvalue weighted by molar-refractivity contribution is 0.00637. The molecule has 0 bridgehead atoms. The molecular weight excluding hydrogens is 313 g/mol. The number of benzene rings is 1. The van der Waals surface area contributed by atoms with Crippen LogP contribution in [0.25, 0.3) is 0 Å². The number of likely N-dealkylation sites (tertiary alicyclic amines) is 1. The molecular formula is C17H22FN3O3. The van der Waals surface area contributed by atoms with Gasteiger partial charge in [-0.25, -0.2) is 4.39 Å². The summed E-state index contributed by atoms with van der Waals surface area (Å²) in [5.41, 5.74) is 0.492. The first kappa shape index (κ1) is 17.0. The summed E-state index contributed by atoms with van der Waals surface area (Å²) in [5.74, 6) is 0.925. The number of hydrogen-bond donors (Lipinski definition) is 1. The fourth-order valence-electron chi connectivity index (χ4n) is 3.03. The van der Waals surface area contributed by atoms with Crippen LogP contribution in [0.3, 0.4) is 0 Å². The van der Waals surface area contributed by atoms with Crippen molar-refractivity contribution in [2.75, 3.05) is 19.7 Å². The summed E-state index contributed by atoms with van der Waals surface area (Å²) in [6, 6.07) is 6.55. The average molecular weight is 335 g/mol. The van der Waals surface area contributed by atoms with Crippen LogP contribution in [0.1, 0.15) is 36.2 Å². The molecule has 0 aliphatic carbocycles. The molecule has 1 aromatic heterocycles. The first-order valence-corrected chi connectivity index (χ1v) is 8.17. The second-order valence-electron chi connectivity index (χ2n) is 6.08. The van der Waals surface area contributed by atoms with E-state index in [0.717, 1.165) is 19.4 Å². The van der Waals surface area contributed by atoms with Crippen molar-refractivity contribution in [1.29, 1.82) is 0 Å². The summed E-state index contributed by atoms with van der Waals surface area (Å²) < 4.78 is 24.0. The van der Waals surface area contributed by atoms with Crippen molar-refractivity contribution in [1.82, 2.24) is 15.0 Å². The fourth-order valence-corrected chi connectivity index (χ4v) is 3.03. The van der Waals surface area contributed by atoms with Crippen molar-refractivity contribution in [3.8, 4) is 0 Å². The number of aliphatic hydroxyl groups is 1. The monoisotopic (exact) mass is 335 g/mol. The molecule has 0 amide bonds. The van der Waals surface area contributed by atoms with Gasteiger partial charge in [0.1, 0.15) is 5.82 Å². The maximum absolute atomic E-state index is 13.5. The van der Waals surface area contributed by atoms with Crippen LogP contribution in [0.5, 0.6) is 0 Å². The van der Waals surface area contributed by atoms with Crippen LogP contribution in [0.15, 0.2) is 28.8 Å². The molecule has 6 nitrogen and oxygen atoms in total. The maximum Gasteiger partial charge on any atom is 0.223 e. The molecule has 0 spiro atoms. The van der Waals surface area contributed by atoms with Gasteiger partial charge >= 0.3 is 0 Å². The summed E-state index contributed by atoms with van der Waals surface area (Å²) in [5, 5.41) is 14.2. The van der Waals surface area contributed by atoms with Crippen LogP contribution in [0.4, 0.5) is 4.39 Å². The second kappa shape index (κ2) is 7.83. The minimum atomic E-state index is -0.648. The van der Waals surface area contributed by atoms with E-state index < -0.39 is 6.10 Å². The van der Waals surface area contributed by atoms with Gasteiger partial charge in [0.15, 0.2) is 5.82 Å². The number of halogens is 1. The number of hydrogen-bond acceptors (Lipinski definition) is 6. The largest absolute Gasteiger partial charge is 0.389 e. The van der Waals surface area contributed by atoms with Crippen LogP contribution >= 0.6 is 0 Å². The third-order valence-electron chi connectivity index (χ3n) is 4.18. The molecule has 1 fully saturated rings. The zero-order valence-corrected chi connectivity index (χ0v) is 13.7. The maximum atomic E-state index is 13.5. The zero-order valence-electron chi connectivity index (χ0n) is 13.7. The summed E-state index contributed by atoms with van der Waals surface area (Å²) in [6.45, 7) is 3.42. The summed E-state index contributed by atoms with van der Waals surface area (Å²) in [7, 11) is 0. The van der Waals surface area contributed by atoms with Crippen molar-refractivity contribution in [3.05, 3.63) is 47.4 Å². The normalized spacial score (nSPS) is 19.7. The van der Waals surface area contributed by atoms with Gasteiger partial charge in [-0.3, -0.25) is 4.90 Å². The number of aryl methyl sites for hydroxylation is 1. The van der Waals surface area contributed by atoms with Crippen LogP contribution in [-0.2, 0) is 11.3 Å². The number of nitrogens with zero attached hydrogens (tertiary/aromatic N) is 3. The first-order chi connectivity index (χ1) is 11.6. The fraction of sp³-hybridized carbons (Fsp3) is 0.529. The molecule has 0 radical (unpaired) electrons. The molecule has 0 saturated carbocycles. The highest BCUT2D eigenvalue weighted by Gasteiger charge is 2.30. The third-order valence-corrected chi connectivity index (χ3v) is 4.18. The number of aliphatic hydroxyl groups excluding tert-OH is 1. The predicted molar refractivity (Wildman–Crippen MR) is 84.6 cm³/mol. The number of ether oxygens (including phenoxy) is 1. The van der Waals surface area contributed by atoms with Gasteiger partial charge in [-0.15, -0.1) is 0 Å². The summed E-state index contributed by atoms with van der Waals surface area (Å²) in [4.78, 5) is 6.43. The molecule has 130 valence electrons. The summed E-state index contributed by atoms with van der Waals surface area (Å²) in [6.07, 6.45) is 1.33. The molecule has 2 atom stereocenters. The molecule has 1 aromatic carbocycles. The van der Waals surface area contributed by atoms with Crippen molar-refractivity contribution in [3.63, 3.8) is 0 Å². The van der Waals surface area contributed by atoms with Gasteiger partial charge in [0, 0.05) is 19.0 Å². The van der Waals surface area contributed by atoms with Crippen molar-refractivity contribution >= 4 is 0 Å². The van der Waals surface area contributed by atoms with E-state index in [4.69, 9.17) is 9.26 Å². The zero-order chi connectivity index (χ0) is 16.9. The molecule has 1 N–H and O–H groups in total. The Kier molecular flexibility index (Phi) is 5.55. The Morgan fingerprint density at radius 2 is 2.29 bits per heavy atom. The first-order valence-electron chi connectivity index (χ1n) is 8.17. The van der Waals surface area contributed by atoms with E-state index in [0.29, 0.717) is 23.8 Å². The van der Waals surface area contributed by atoms with Crippen LogP contribution in [0.2, 0.25) is 0 Å². The molecule has 1 aliphatic heterocycles. The lowest BCUT2D eigenvalue weighted by atomic mass is 10.2. The van der Waals surface area contributed by atoms with E-state index in [1.165, 1.54) is 6.07 Å². The van der Waals surface area contributed by atoms with E-state index in [1.807, 2.05) is 0 Å². The van der Waals surface area contributed by atoms with E-state index in [-0.39, 0.29) is 25.1 Å². The minimum absolute atomic E-state index is 0.0728. The lowest BCUT2D eigenvalue weighted by Crippen LogP contribution is -2.35. The summed E-state index contributed by atoms with van der Waals surface area (Å²) >= 11 is 0. The van der Waals surface area contributed by atoms with Crippen LogP contribution in [-0.4, -0.2) is 45.9 Å². The molecule has 1 aliphatic rings. The molecule has 24 heavy (non-hydrogen) atoms. The van der Waals surface area contributed by atoms with E-state index in [2.05, 4.69) is 15.0 Å². The van der Waals surface area contributed by atoms with Gasteiger partial charge < -0.3 is 14.4 Å². The topological polar surface area (TPSA) is 71.6 Å². The van der Waals surface area contributed by atoms with Gasteiger partial charge in [0.2, 0.25) is 5.89 Å². The highest BCUT2D eigenvalue weighted by Crippen LogP contribution is 2.30. The third kappa shape index (κ3) is 4.17. The highest BCUT2D eigenvalue weighted by atomic mass is 19.1. The Bertz CT molecular complexity index is 664. The van der Waals surface area contributed by atoms with Crippen molar-refractivity contribution in [2.24, 2.45) is 0 Å². The highest BCUT2D eigenvalue weighted by molar-refractivity contribution is 5.16. The number of rotatable bonds is 7. The van der Waals surface area contributed by atoms with E-state index in [9.17, 15) is 9.50 Å². The van der Waals surface area contributed by atoms with Crippen molar-refractivity contribution < 1.29 is 18.8 Å². The van der Waals surface area contributed by atoms with Gasteiger partial charge in [-0.1, -0.05) is 23.4 Å². The van der Waals surface area contributed by atoms with Gasteiger partial charge in [-0.05, 0) is 25.5 Å². The van der Waals surface area contributed by atoms with Gasteiger partial charge in [0.05, 0.1) is 25.4 Å². The predicted octanol–water partition coefficient (Wildman–Crippen LogP) is 2.23. The lowest BCUT2D eigenvalue weighted by Gasteiger charge is -2.24. The number of aromatic nitrogens is 2.